The Morgan fingerprint density at radius 3 is 2.38 bits per heavy atom. The van der Waals surface area contributed by atoms with Gasteiger partial charge < -0.3 is 21.5 Å². The highest BCUT2D eigenvalue weighted by Crippen LogP contribution is 2.28. The number of thioether (sulfide) groups is 1. The van der Waals surface area contributed by atoms with E-state index in [1.54, 1.807) is 30.1 Å². The van der Waals surface area contributed by atoms with Gasteiger partial charge in [0.25, 0.3) is 0 Å². The van der Waals surface area contributed by atoms with Crippen LogP contribution in [0.4, 0.5) is 24.7 Å². The number of primary sulfonamides is 1. The number of hydrogen-bond acceptors (Lipinski definition) is 8. The molecule has 0 aliphatic rings. The van der Waals surface area contributed by atoms with Crippen molar-refractivity contribution in [2.75, 3.05) is 17.3 Å². The van der Waals surface area contributed by atoms with Gasteiger partial charge >= 0.3 is 12.1 Å². The van der Waals surface area contributed by atoms with Gasteiger partial charge in [-0.3, -0.25) is 4.79 Å². The number of carboxylic acids is 1. The maximum atomic E-state index is 13.4. The molecular weight excluding hydrogens is 595 g/mol. The van der Waals surface area contributed by atoms with Crippen molar-refractivity contribution in [3.63, 3.8) is 0 Å². The first-order valence-electron chi connectivity index (χ1n) is 11.9. The number of sulfonamides is 1. The van der Waals surface area contributed by atoms with E-state index in [1.807, 2.05) is 54.8 Å². The van der Waals surface area contributed by atoms with Gasteiger partial charge in [-0.15, -0.1) is 11.8 Å². The molecule has 222 valence electrons. The maximum absolute atomic E-state index is 13.4. The van der Waals surface area contributed by atoms with Gasteiger partial charge in [0.15, 0.2) is 0 Å². The number of amides is 1. The van der Waals surface area contributed by atoms with Crippen LogP contribution in [-0.2, 0) is 26.2 Å². The Bertz CT molecular complexity index is 1700. The normalized spacial score (nSPS) is 12.1. The van der Waals surface area contributed by atoms with Gasteiger partial charge in [-0.05, 0) is 71.3 Å². The lowest BCUT2D eigenvalue weighted by molar-refractivity contribution is -0.192. The summed E-state index contributed by atoms with van der Waals surface area (Å²) < 4.78 is 55.1. The fourth-order valence-electron chi connectivity index (χ4n) is 3.70. The van der Waals surface area contributed by atoms with E-state index < -0.39 is 28.2 Å². The first-order valence-corrected chi connectivity index (χ1v) is 14.7. The number of anilines is 2. The van der Waals surface area contributed by atoms with Crippen molar-refractivity contribution in [1.29, 1.82) is 0 Å². The molecule has 7 N–H and O–H groups in total. The molecule has 15 heteroatoms. The number of nitrogens with one attached hydrogen (secondary N) is 2. The minimum absolute atomic E-state index is 0.00322. The number of rotatable bonds is 8. The van der Waals surface area contributed by atoms with Crippen LogP contribution >= 0.6 is 11.8 Å². The third-order valence-corrected chi connectivity index (χ3v) is 7.37. The zero-order valence-electron chi connectivity index (χ0n) is 21.9. The molecule has 0 bridgehead atoms. The third kappa shape index (κ3) is 8.83. The molecule has 1 heterocycles. The van der Waals surface area contributed by atoms with Gasteiger partial charge in [0.05, 0.1) is 4.90 Å². The molecule has 0 radical (unpaired) electrons. The minimum atomic E-state index is -5.08. The molecule has 42 heavy (non-hydrogen) atoms. The fourth-order valence-corrected chi connectivity index (χ4v) is 4.76. The van der Waals surface area contributed by atoms with Gasteiger partial charge in [-0.25, -0.2) is 23.3 Å². The molecular formula is C27H26F3N5O5S2. The number of alkyl halides is 3. The van der Waals surface area contributed by atoms with Crippen LogP contribution in [0.25, 0.3) is 10.8 Å². The number of nitrogen functional groups attached to an aromatic ring is 1. The van der Waals surface area contributed by atoms with Gasteiger partial charge in [0.1, 0.15) is 11.9 Å². The summed E-state index contributed by atoms with van der Waals surface area (Å²) in [5.41, 5.74) is 8.13. The number of carbonyl (C=O) groups is 2. The molecule has 10 nitrogen and oxygen atoms in total. The lowest BCUT2D eigenvalue weighted by atomic mass is 10.0. The second-order valence-electron chi connectivity index (χ2n) is 8.70. The molecule has 4 rings (SSSR count). The number of nitrogens with zero attached hydrogens (tertiary/aromatic N) is 1. The highest BCUT2D eigenvalue weighted by Gasteiger charge is 2.38. The predicted octanol–water partition coefficient (Wildman–Crippen LogP) is 4.29. The van der Waals surface area contributed by atoms with E-state index in [4.69, 9.17) is 20.8 Å². The van der Waals surface area contributed by atoms with E-state index >= 15 is 0 Å². The molecule has 1 atom stereocenters. The van der Waals surface area contributed by atoms with E-state index in [9.17, 15) is 26.4 Å². The van der Waals surface area contributed by atoms with Gasteiger partial charge in [0, 0.05) is 28.7 Å². The summed E-state index contributed by atoms with van der Waals surface area (Å²) in [7, 11) is -3.83. The molecule has 0 fully saturated rings. The lowest BCUT2D eigenvalue weighted by Crippen LogP contribution is -2.33. The zero-order chi connectivity index (χ0) is 31.1. The number of carboxylic acid groups (broad SMARTS) is 1. The Balaban J connectivity index is 0.000000616. The molecule has 0 saturated heterocycles. The Morgan fingerprint density at radius 1 is 1.05 bits per heavy atom. The standard InChI is InChI=1S/C25H25N5O3S2.C2HF3O2/c1-34-20-6-3-5-18(14-20)23(30-19-8-9-22-17(13-19)10-11-28-24(22)26)25(31)29-15-16-4-2-7-21(12-16)35(27,32)33;3-2(4,5)1(6)7/h2-14,23,30H,15H2,1H3,(H2,26,28)(H,29,31)(H2,27,32,33);(H,6,7). The number of halogens is 3. The van der Waals surface area contributed by atoms with Crippen molar-refractivity contribution >= 4 is 55.9 Å². The van der Waals surface area contributed by atoms with Crippen LogP contribution in [-0.4, -0.2) is 42.8 Å². The SMILES string of the molecule is CSc1cccc(C(Nc2ccc3c(N)nccc3c2)C(=O)NCc2cccc(S(N)(=O)=O)c2)c1.O=C(O)C(F)(F)F. The van der Waals surface area contributed by atoms with E-state index in [-0.39, 0.29) is 17.3 Å². The van der Waals surface area contributed by atoms with Crippen LogP contribution in [0.5, 0.6) is 0 Å². The van der Waals surface area contributed by atoms with Crippen LogP contribution in [0.3, 0.4) is 0 Å². The fraction of sp³-hybridized carbons (Fsp3) is 0.148. The van der Waals surface area contributed by atoms with Crippen molar-refractivity contribution < 1.29 is 36.3 Å². The average molecular weight is 622 g/mol. The van der Waals surface area contributed by atoms with Crippen molar-refractivity contribution in [1.82, 2.24) is 10.3 Å². The van der Waals surface area contributed by atoms with E-state index in [1.165, 1.54) is 12.1 Å². The Hall–Kier alpha value is -4.34. The first kappa shape index (κ1) is 32.2. The number of aliphatic carboxylic acids is 1. The lowest BCUT2D eigenvalue weighted by Gasteiger charge is -2.21. The largest absolute Gasteiger partial charge is 0.490 e. The van der Waals surface area contributed by atoms with Crippen molar-refractivity contribution in [3.05, 3.63) is 90.1 Å². The topological polar surface area (TPSA) is 177 Å². The molecule has 4 aromatic rings. The van der Waals surface area contributed by atoms with E-state index in [2.05, 4.69) is 15.6 Å². The number of carbonyl (C=O) groups excluding carboxylic acids is 1. The highest BCUT2D eigenvalue weighted by molar-refractivity contribution is 7.98. The molecule has 1 unspecified atom stereocenters. The van der Waals surface area contributed by atoms with Crippen LogP contribution in [0.15, 0.2) is 88.8 Å². The quantitative estimate of drug-likeness (QED) is 0.180. The molecule has 0 spiro atoms. The zero-order valence-corrected chi connectivity index (χ0v) is 23.6. The smallest absolute Gasteiger partial charge is 0.475 e. The van der Waals surface area contributed by atoms with E-state index in [0.29, 0.717) is 11.4 Å². The summed E-state index contributed by atoms with van der Waals surface area (Å²) in [6, 6.07) is 20.7. The second-order valence-corrected chi connectivity index (χ2v) is 11.1. The first-order chi connectivity index (χ1) is 19.7. The third-order valence-electron chi connectivity index (χ3n) is 5.73. The summed E-state index contributed by atoms with van der Waals surface area (Å²) in [5.74, 6) is -2.58. The number of aromatic nitrogens is 1. The number of fused-ring (bicyclic) bond motifs is 1. The summed E-state index contributed by atoms with van der Waals surface area (Å²) in [6.45, 7) is 0.141. The minimum Gasteiger partial charge on any atom is -0.475 e. The second kappa shape index (κ2) is 13.5. The Labute approximate surface area is 243 Å². The maximum Gasteiger partial charge on any atom is 0.490 e. The molecule has 1 amide bonds. The summed E-state index contributed by atoms with van der Waals surface area (Å²) in [4.78, 5) is 27.4. The van der Waals surface area contributed by atoms with Gasteiger partial charge in [-0.1, -0.05) is 24.3 Å². The molecule has 1 aromatic heterocycles. The number of nitrogens with two attached hydrogens (primary N) is 2. The molecule has 0 aliphatic heterocycles. The van der Waals surface area contributed by atoms with Gasteiger partial charge in [-0.2, -0.15) is 13.2 Å². The van der Waals surface area contributed by atoms with Crippen molar-refractivity contribution in [2.24, 2.45) is 5.14 Å². The summed E-state index contributed by atoms with van der Waals surface area (Å²) >= 11 is 1.59. The van der Waals surface area contributed by atoms with Crippen LogP contribution in [0.1, 0.15) is 17.2 Å². The Kier molecular flexibility index (Phi) is 10.4. The molecule has 0 saturated carbocycles. The molecule has 3 aromatic carbocycles. The highest BCUT2D eigenvalue weighted by atomic mass is 32.2. The van der Waals surface area contributed by atoms with Crippen LogP contribution < -0.4 is 21.5 Å². The van der Waals surface area contributed by atoms with Crippen LogP contribution in [0, 0.1) is 0 Å². The number of pyridine rings is 1. The monoisotopic (exact) mass is 621 g/mol. The predicted molar refractivity (Wildman–Crippen MR) is 154 cm³/mol. The Morgan fingerprint density at radius 2 is 1.74 bits per heavy atom. The molecule has 0 aliphatic carbocycles. The summed E-state index contributed by atoms with van der Waals surface area (Å²) in [6.07, 6.45) is -1.47. The van der Waals surface area contributed by atoms with Crippen molar-refractivity contribution in [2.45, 2.75) is 28.6 Å². The number of benzene rings is 3. The van der Waals surface area contributed by atoms with E-state index in [0.717, 1.165) is 26.9 Å². The van der Waals surface area contributed by atoms with Gasteiger partial charge in [0.2, 0.25) is 15.9 Å². The summed E-state index contributed by atoms with van der Waals surface area (Å²) in [5, 5.41) is 20.3. The number of hydrogen-bond donors (Lipinski definition) is 5. The van der Waals surface area contributed by atoms with Crippen LogP contribution in [0.2, 0.25) is 0 Å². The average Bonchev–Trinajstić information content (AvgIpc) is 2.94. The van der Waals surface area contributed by atoms with Crippen molar-refractivity contribution in [3.8, 4) is 0 Å².